The van der Waals surface area contributed by atoms with E-state index in [-0.39, 0.29) is 0 Å². The fourth-order valence-electron chi connectivity index (χ4n) is 1.03. The van der Waals surface area contributed by atoms with Gasteiger partial charge in [0.05, 0.1) is 13.1 Å². The van der Waals surface area contributed by atoms with E-state index in [2.05, 4.69) is 26.5 Å². The number of hydrogen-bond acceptors (Lipinski definition) is 2. The van der Waals surface area contributed by atoms with Crippen LogP contribution in [-0.4, -0.2) is 21.3 Å². The molecule has 0 atom stereocenters. The summed E-state index contributed by atoms with van der Waals surface area (Å²) in [7, 11) is 0. The molecule has 66 valence electrons. The molecule has 0 saturated carbocycles. The maximum absolute atomic E-state index is 5.34. The van der Waals surface area contributed by atoms with Crippen LogP contribution in [0.25, 0.3) is 0 Å². The van der Waals surface area contributed by atoms with Crippen LogP contribution in [0, 0.1) is 0 Å². The van der Waals surface area contributed by atoms with Crippen molar-refractivity contribution < 1.29 is 3.89 Å². The number of hydrogen-bond donors (Lipinski definition) is 1. The van der Waals surface area contributed by atoms with Crippen molar-refractivity contribution in [2.24, 2.45) is 0 Å². The van der Waals surface area contributed by atoms with Gasteiger partial charge in [0, 0.05) is 0 Å². The molecule has 0 rings (SSSR count). The van der Waals surface area contributed by atoms with Gasteiger partial charge < -0.3 is 16.7 Å². The largest absolute Gasteiger partial charge is 0.486 e. The van der Waals surface area contributed by atoms with E-state index in [4.69, 9.17) is 25.0 Å². The van der Waals surface area contributed by atoms with Crippen molar-refractivity contribution >= 4 is 42.0 Å². The van der Waals surface area contributed by atoms with Crippen LogP contribution in [-0.2, 0) is 12.8 Å². The Hall–Kier alpha value is 0.750. The number of quaternary nitrogens is 1. The van der Waals surface area contributed by atoms with E-state index in [1.165, 1.54) is 0 Å². The highest BCUT2D eigenvalue weighted by atomic mass is 32.1. The summed E-state index contributed by atoms with van der Waals surface area (Å²) < 4.78 is 1.05. The smallest absolute Gasteiger partial charge is 0.212 e. The van der Waals surface area contributed by atoms with Crippen LogP contribution < -0.4 is 0 Å². The lowest BCUT2D eigenvalue weighted by Crippen LogP contribution is -2.45. The molecule has 4 heteroatoms. The standard InChI is InChI=1S/C7H15NS3/c1-3-5-8(11,6-4-2)7(9)10/h3-6H2,1-2H3,(H,9,10). The second-order valence-corrected chi connectivity index (χ2v) is 4.43. The Morgan fingerprint density at radius 2 is 1.73 bits per heavy atom. The van der Waals surface area contributed by atoms with Gasteiger partial charge in [0.25, 0.3) is 0 Å². The van der Waals surface area contributed by atoms with Gasteiger partial charge in [0.2, 0.25) is 4.32 Å². The summed E-state index contributed by atoms with van der Waals surface area (Å²) in [6, 6.07) is 0. The average Bonchev–Trinajstić information content (AvgIpc) is 1.88. The monoisotopic (exact) mass is 209 g/mol. The van der Waals surface area contributed by atoms with Crippen LogP contribution in [0.2, 0.25) is 0 Å². The van der Waals surface area contributed by atoms with Gasteiger partial charge in [-0.05, 0) is 25.1 Å². The molecule has 0 aliphatic carbocycles. The summed E-state index contributed by atoms with van der Waals surface area (Å²) >= 11 is 14.5. The van der Waals surface area contributed by atoms with Gasteiger partial charge in [0.15, 0.2) is 0 Å². The van der Waals surface area contributed by atoms with Gasteiger partial charge >= 0.3 is 0 Å². The molecule has 0 saturated heterocycles. The first-order chi connectivity index (χ1) is 5.06. The topological polar surface area (TPSA) is 0 Å². The van der Waals surface area contributed by atoms with Crippen molar-refractivity contribution in [1.29, 1.82) is 0 Å². The Morgan fingerprint density at radius 1 is 1.36 bits per heavy atom. The van der Waals surface area contributed by atoms with Crippen LogP contribution in [0.4, 0.5) is 0 Å². The lowest BCUT2D eigenvalue weighted by Gasteiger charge is -2.42. The molecule has 0 aromatic heterocycles. The second kappa shape index (κ2) is 5.41. The highest BCUT2D eigenvalue weighted by molar-refractivity contribution is 8.10. The highest BCUT2D eigenvalue weighted by Crippen LogP contribution is 2.11. The minimum atomic E-state index is 0.422. The van der Waals surface area contributed by atoms with Gasteiger partial charge in [0.1, 0.15) is 0 Å². The molecule has 0 radical (unpaired) electrons. The molecule has 0 heterocycles. The first kappa shape index (κ1) is 11.8. The molecule has 0 aromatic rings. The Morgan fingerprint density at radius 3 is 1.91 bits per heavy atom. The maximum Gasteiger partial charge on any atom is 0.212 e. The third-order valence-corrected chi connectivity index (χ3v) is 3.05. The van der Waals surface area contributed by atoms with Crippen molar-refractivity contribution in [2.75, 3.05) is 13.1 Å². The fraction of sp³-hybridized carbons (Fsp3) is 0.857. The van der Waals surface area contributed by atoms with Gasteiger partial charge in [-0.3, -0.25) is 0 Å². The van der Waals surface area contributed by atoms with E-state index in [1.54, 1.807) is 0 Å². The van der Waals surface area contributed by atoms with Crippen molar-refractivity contribution in [3.05, 3.63) is 0 Å². The first-order valence-electron chi connectivity index (χ1n) is 3.88. The zero-order valence-electron chi connectivity index (χ0n) is 7.04. The van der Waals surface area contributed by atoms with E-state index >= 15 is 0 Å². The van der Waals surface area contributed by atoms with Crippen molar-refractivity contribution in [3.63, 3.8) is 0 Å². The summed E-state index contributed by atoms with van der Waals surface area (Å²) in [6.45, 7) is 6.07. The predicted octanol–water partition coefficient (Wildman–Crippen LogP) is 2.30. The molecule has 0 bridgehead atoms. The quantitative estimate of drug-likeness (QED) is 0.326. The maximum atomic E-state index is 5.34. The zero-order valence-corrected chi connectivity index (χ0v) is 9.57. The number of thiocarbonyl (C=S) groups is 1. The number of nitrogens with zero attached hydrogens (tertiary/aromatic N) is 1. The predicted molar refractivity (Wildman–Crippen MR) is 59.5 cm³/mol. The van der Waals surface area contributed by atoms with Crippen LogP contribution in [0.5, 0.6) is 0 Å². The Kier molecular flexibility index (Phi) is 5.77. The Bertz CT molecular complexity index is 130. The molecule has 0 N–H and O–H groups in total. The van der Waals surface area contributed by atoms with Gasteiger partial charge in [-0.2, -0.15) is 0 Å². The van der Waals surface area contributed by atoms with E-state index in [0.29, 0.717) is 8.21 Å². The molecule has 1 nitrogen and oxygen atoms in total. The average molecular weight is 209 g/mol. The third kappa shape index (κ3) is 3.78. The normalized spacial score (nSPS) is 11.6. The molecule has 11 heavy (non-hydrogen) atoms. The molecule has 0 aromatic carbocycles. The van der Waals surface area contributed by atoms with Crippen LogP contribution in [0.3, 0.4) is 0 Å². The number of rotatable bonds is 4. The molecular formula is C7H15NS3. The fourth-order valence-corrected chi connectivity index (χ4v) is 1.77. The Balaban J connectivity index is 4.13. The molecular weight excluding hydrogens is 194 g/mol. The molecule has 0 fully saturated rings. The highest BCUT2D eigenvalue weighted by Gasteiger charge is 2.15. The van der Waals surface area contributed by atoms with Crippen LogP contribution in [0.1, 0.15) is 26.7 Å². The molecule has 0 spiro atoms. The summed E-state index contributed by atoms with van der Waals surface area (Å²) in [6.07, 6.45) is 2.12. The molecule has 0 aliphatic rings. The number of thiol groups is 1. The minimum absolute atomic E-state index is 0.422. The summed E-state index contributed by atoms with van der Waals surface area (Å²) in [4.78, 5) is 0. The molecule has 0 amide bonds. The summed E-state index contributed by atoms with van der Waals surface area (Å²) in [5.74, 6) is 0. The van der Waals surface area contributed by atoms with Crippen LogP contribution in [0.15, 0.2) is 0 Å². The van der Waals surface area contributed by atoms with Crippen molar-refractivity contribution in [3.8, 4) is 0 Å². The van der Waals surface area contributed by atoms with Crippen molar-refractivity contribution in [2.45, 2.75) is 26.7 Å². The van der Waals surface area contributed by atoms with Gasteiger partial charge in [-0.1, -0.05) is 26.5 Å². The molecule has 0 unspecified atom stereocenters. The van der Waals surface area contributed by atoms with Gasteiger partial charge in [-0.25, -0.2) is 0 Å². The minimum Gasteiger partial charge on any atom is -0.486 e. The van der Waals surface area contributed by atoms with Crippen molar-refractivity contribution in [1.82, 2.24) is 0 Å². The second-order valence-electron chi connectivity index (χ2n) is 2.62. The van der Waals surface area contributed by atoms with E-state index in [1.807, 2.05) is 0 Å². The third-order valence-electron chi connectivity index (χ3n) is 1.52. The van der Waals surface area contributed by atoms with E-state index in [0.717, 1.165) is 25.9 Å². The lowest BCUT2D eigenvalue weighted by molar-refractivity contribution is -0.690. The summed E-state index contributed by atoms with van der Waals surface area (Å²) in [5.41, 5.74) is 0. The lowest BCUT2D eigenvalue weighted by atomic mass is 10.4. The zero-order chi connectivity index (χ0) is 8.91. The van der Waals surface area contributed by atoms with Gasteiger partial charge in [-0.15, -0.1) is 0 Å². The first-order valence-corrected chi connectivity index (χ1v) is 5.10. The van der Waals surface area contributed by atoms with Crippen LogP contribution >= 0.6 is 24.8 Å². The van der Waals surface area contributed by atoms with E-state index < -0.39 is 0 Å². The SMILES string of the molecule is CCC[N+]([S-])(CCC)C(=S)S. The molecule has 0 aliphatic heterocycles. The van der Waals surface area contributed by atoms with E-state index in [9.17, 15) is 0 Å². The Labute approximate surface area is 85.7 Å². The summed E-state index contributed by atoms with van der Waals surface area (Å²) in [5, 5.41) is 0.